The molecule has 12 rings (SSSR count). The first-order chi connectivity index (χ1) is 31.2. The van der Waals surface area contributed by atoms with Gasteiger partial charge in [-0.2, -0.15) is 0 Å². The largest absolute Gasteiger partial charge is 0.458 e. The van der Waals surface area contributed by atoms with Crippen molar-refractivity contribution in [3.63, 3.8) is 0 Å². The third-order valence-corrected chi connectivity index (χ3v) is 13.1. The molecule has 5 nitrogen and oxygen atoms in total. The van der Waals surface area contributed by atoms with Crippen molar-refractivity contribution in [3.05, 3.63) is 180 Å². The molecule has 0 aliphatic carbocycles. The second kappa shape index (κ2) is 16.1. The van der Waals surface area contributed by atoms with Crippen LogP contribution in [-0.2, 0) is 30.9 Å². The third kappa shape index (κ3) is 7.37. The summed E-state index contributed by atoms with van der Waals surface area (Å²) in [6.45, 7) is 17.7. The number of halogens is 1. The van der Waals surface area contributed by atoms with Gasteiger partial charge in [-0.25, -0.2) is 0 Å². The van der Waals surface area contributed by atoms with Crippen LogP contribution >= 0.6 is 0 Å². The number of benzene rings is 7. The van der Waals surface area contributed by atoms with Gasteiger partial charge in [0.25, 0.3) is 6.71 Å². The van der Waals surface area contributed by atoms with Crippen LogP contribution in [0.2, 0.25) is 0 Å². The van der Waals surface area contributed by atoms with E-state index in [1.807, 2.05) is 38.2 Å². The smallest absolute Gasteiger partial charge is 0.260 e. The van der Waals surface area contributed by atoms with Crippen molar-refractivity contribution in [2.75, 3.05) is 0 Å². The molecule has 3 aromatic heterocycles. The van der Waals surface area contributed by atoms with Crippen LogP contribution in [0.25, 0.3) is 60.7 Å². The fourth-order valence-corrected chi connectivity index (χ4v) is 9.35. The topological polar surface area (TPSA) is 48.7 Å². The molecule has 327 valence electrons. The van der Waals surface area contributed by atoms with Crippen molar-refractivity contribution in [3.8, 4) is 45.4 Å². The van der Waals surface area contributed by atoms with Gasteiger partial charge >= 0.3 is 0 Å². The number of pyridine rings is 2. The summed E-state index contributed by atoms with van der Waals surface area (Å²) in [5, 5.41) is 3.33. The normalized spacial score (nSPS) is 12.7. The fraction of sp³-hybridized carbons (Fsp3) is 0.172. The molecule has 0 saturated heterocycles. The summed E-state index contributed by atoms with van der Waals surface area (Å²) in [7, 11) is 0. The van der Waals surface area contributed by atoms with Gasteiger partial charge in [0, 0.05) is 43.1 Å². The van der Waals surface area contributed by atoms with E-state index in [-0.39, 0.29) is 43.5 Å². The molecule has 10 aromatic rings. The second-order valence-electron chi connectivity index (χ2n) is 19.6. The van der Waals surface area contributed by atoms with E-state index in [1.54, 1.807) is 6.07 Å². The first-order valence-corrected chi connectivity index (χ1v) is 22.3. The molecule has 0 amide bonds. The Hall–Kier alpha value is -6.60. The van der Waals surface area contributed by atoms with Crippen LogP contribution in [0.4, 0.5) is 4.39 Å². The van der Waals surface area contributed by atoms with E-state index < -0.39 is 0 Å². The molecule has 8 heteroatoms. The van der Waals surface area contributed by atoms with Gasteiger partial charge in [0.2, 0.25) is 0 Å². The SMILES string of the molecule is CC(C)(C)c1ccc2c(c1)B1c3cc(C(C)(C)C)ccc3Oc3cc(-c4ccc5c6ccc[c-]c6c6nc7ccccc7n6c5c4)cc(c31)O2.Cc1cnc(-c2[c-]cc(F)cc2)cc1C.[Ir]. The number of aromatic nitrogens is 3. The molecule has 7 aromatic carbocycles. The molecule has 0 saturated carbocycles. The van der Waals surface area contributed by atoms with Gasteiger partial charge in [-0.05, 0) is 117 Å². The van der Waals surface area contributed by atoms with Gasteiger partial charge in [-0.3, -0.25) is 9.37 Å². The number of rotatable bonds is 2. The van der Waals surface area contributed by atoms with E-state index >= 15 is 0 Å². The molecule has 0 atom stereocenters. The monoisotopic (exact) mass is 1040 g/mol. The predicted molar refractivity (Wildman–Crippen MR) is 265 cm³/mol. The van der Waals surface area contributed by atoms with Crippen molar-refractivity contribution >= 4 is 61.5 Å². The summed E-state index contributed by atoms with van der Waals surface area (Å²) in [4.78, 5) is 9.36. The van der Waals surface area contributed by atoms with E-state index in [0.29, 0.717) is 0 Å². The third-order valence-electron chi connectivity index (χ3n) is 13.1. The molecule has 0 fully saturated rings. The first kappa shape index (κ1) is 43.3. The van der Waals surface area contributed by atoms with E-state index in [0.717, 1.165) is 94.8 Å². The molecular weight excluding hydrogens is 993 g/mol. The van der Waals surface area contributed by atoms with Gasteiger partial charge in [0.1, 0.15) is 23.0 Å². The minimum Gasteiger partial charge on any atom is -0.458 e. The Morgan fingerprint density at radius 2 is 1.30 bits per heavy atom. The van der Waals surface area contributed by atoms with Crippen molar-refractivity contribution < 1.29 is 34.0 Å². The summed E-state index contributed by atoms with van der Waals surface area (Å²) in [6.07, 6.45) is 1.82. The minimum atomic E-state index is -0.275. The predicted octanol–water partition coefficient (Wildman–Crippen LogP) is 12.9. The van der Waals surface area contributed by atoms with Gasteiger partial charge in [-0.1, -0.05) is 107 Å². The van der Waals surface area contributed by atoms with Crippen LogP contribution in [0.15, 0.2) is 140 Å². The zero-order valence-electron chi connectivity index (χ0n) is 38.2. The number of hydrogen-bond donors (Lipinski definition) is 0. The number of hydrogen-bond acceptors (Lipinski definition) is 4. The van der Waals surface area contributed by atoms with Crippen LogP contribution in [0.1, 0.15) is 63.8 Å². The zero-order valence-corrected chi connectivity index (χ0v) is 40.6. The van der Waals surface area contributed by atoms with Crippen LogP contribution in [-0.4, -0.2) is 21.1 Å². The maximum atomic E-state index is 12.7. The Morgan fingerprint density at radius 3 is 1.94 bits per heavy atom. The fourth-order valence-electron chi connectivity index (χ4n) is 9.35. The van der Waals surface area contributed by atoms with Gasteiger partial charge in [-0.15, -0.1) is 59.5 Å². The second-order valence-corrected chi connectivity index (χ2v) is 19.6. The Kier molecular flexibility index (Phi) is 10.6. The van der Waals surface area contributed by atoms with Crippen molar-refractivity contribution in [1.29, 1.82) is 0 Å². The first-order valence-electron chi connectivity index (χ1n) is 22.3. The number of nitrogens with zero attached hydrogens (tertiary/aromatic N) is 3. The molecule has 0 bridgehead atoms. The molecule has 2 aliphatic heterocycles. The van der Waals surface area contributed by atoms with Crippen LogP contribution < -0.4 is 25.9 Å². The minimum absolute atomic E-state index is 0. The quantitative estimate of drug-likeness (QED) is 0.0983. The molecule has 0 N–H and O–H groups in total. The Morgan fingerprint density at radius 1 is 0.621 bits per heavy atom. The van der Waals surface area contributed by atoms with Crippen molar-refractivity contribution in [1.82, 2.24) is 14.4 Å². The summed E-state index contributed by atoms with van der Waals surface area (Å²) in [5.74, 6) is 3.22. The van der Waals surface area contributed by atoms with Crippen molar-refractivity contribution in [2.45, 2.75) is 66.2 Å². The number of imidazole rings is 1. The van der Waals surface area contributed by atoms with Crippen LogP contribution in [0.5, 0.6) is 23.0 Å². The standard InChI is InChI=1S/C45H36BN2O2.C13H11FN.Ir/c1-44(2,3)28-16-19-38-33(24-28)46-34-25-29(45(4,5)6)17-20-39(34)50-41-23-27(22-40(49-38)42(41)46)26-15-18-31-30-11-7-8-12-32(30)43-47-35-13-9-10-14-36(35)48(43)37(31)21-26;1-9-7-13(15-8-10(9)2)11-3-5-12(14)6-4-11;/h7-11,13-25H,1-6H3;3,5-8H,1-2H3;/q2*-1;. The summed E-state index contributed by atoms with van der Waals surface area (Å²) in [6, 6.07) is 51.9. The maximum absolute atomic E-state index is 12.7. The molecule has 0 spiro atoms. The van der Waals surface area contributed by atoms with E-state index in [2.05, 4.69) is 160 Å². The number of ether oxygens (including phenoxy) is 2. The summed E-state index contributed by atoms with van der Waals surface area (Å²) >= 11 is 0. The van der Waals surface area contributed by atoms with Gasteiger partial charge in [0.05, 0.1) is 16.7 Å². The zero-order chi connectivity index (χ0) is 44.9. The van der Waals surface area contributed by atoms with Crippen LogP contribution in [0, 0.1) is 31.8 Å². The van der Waals surface area contributed by atoms with E-state index in [9.17, 15) is 4.39 Å². The Balaban J connectivity index is 0.000000273. The van der Waals surface area contributed by atoms with E-state index in [1.165, 1.54) is 39.7 Å². The summed E-state index contributed by atoms with van der Waals surface area (Å²) in [5.41, 5.74) is 16.3. The Labute approximate surface area is 399 Å². The van der Waals surface area contributed by atoms with Crippen LogP contribution in [0.3, 0.4) is 0 Å². The molecular formula is C58H47BFIrN3O2-2. The van der Waals surface area contributed by atoms with Crippen molar-refractivity contribution in [2.24, 2.45) is 0 Å². The molecule has 1 radical (unpaired) electrons. The number of para-hydroxylation sites is 2. The molecule has 5 heterocycles. The van der Waals surface area contributed by atoms with E-state index in [4.69, 9.17) is 14.5 Å². The van der Waals surface area contributed by atoms with Gasteiger partial charge < -0.3 is 18.9 Å². The molecule has 0 unspecified atom stereocenters. The van der Waals surface area contributed by atoms with Gasteiger partial charge in [0.15, 0.2) is 0 Å². The average molecular weight is 1040 g/mol. The molecule has 2 aliphatic rings. The average Bonchev–Trinajstić information content (AvgIpc) is 3.69. The molecule has 66 heavy (non-hydrogen) atoms. The maximum Gasteiger partial charge on any atom is 0.260 e. The number of aryl methyl sites for hydroxylation is 2. The Bertz CT molecular complexity index is 3480. The summed E-state index contributed by atoms with van der Waals surface area (Å²) < 4.78 is 28.6. The number of fused-ring (bicyclic) bond motifs is 12.